The lowest BCUT2D eigenvalue weighted by molar-refractivity contribution is -0.145. The average molecular weight is 379 g/mol. The Bertz CT molecular complexity index is 807. The fraction of sp³-hybridized carbons (Fsp3) is 0.500. The van der Waals surface area contributed by atoms with Gasteiger partial charge in [-0.2, -0.15) is 0 Å². The van der Waals surface area contributed by atoms with Gasteiger partial charge >= 0.3 is 5.97 Å². The SMILES string of the molecule is CC(=O)N(CC(=O)O)C1CCCN(Cc2cn3cc(Cl)ccc3n2)CC1. The summed E-state index contributed by atoms with van der Waals surface area (Å²) in [5, 5.41) is 9.71. The van der Waals surface area contributed by atoms with Crippen LogP contribution in [0.25, 0.3) is 5.65 Å². The molecule has 1 aliphatic heterocycles. The number of carboxylic acid groups (broad SMARTS) is 1. The Kier molecular flexibility index (Phi) is 5.78. The van der Waals surface area contributed by atoms with Gasteiger partial charge in [-0.15, -0.1) is 0 Å². The zero-order valence-corrected chi connectivity index (χ0v) is 15.5. The Morgan fingerprint density at radius 3 is 2.85 bits per heavy atom. The predicted octanol–water partition coefficient (Wildman–Crippen LogP) is 2.28. The second-order valence-electron chi connectivity index (χ2n) is 6.75. The topological polar surface area (TPSA) is 78.2 Å². The molecule has 0 aliphatic carbocycles. The van der Waals surface area contributed by atoms with Gasteiger partial charge in [-0.25, -0.2) is 4.98 Å². The van der Waals surface area contributed by atoms with Crippen molar-refractivity contribution in [2.24, 2.45) is 0 Å². The van der Waals surface area contributed by atoms with E-state index in [1.807, 2.05) is 28.9 Å². The van der Waals surface area contributed by atoms with E-state index in [-0.39, 0.29) is 18.5 Å². The Hall–Kier alpha value is -2.12. The molecule has 0 aromatic carbocycles. The van der Waals surface area contributed by atoms with Crippen LogP contribution < -0.4 is 0 Å². The Labute approximate surface area is 157 Å². The van der Waals surface area contributed by atoms with Crippen LogP contribution >= 0.6 is 11.6 Å². The number of hydrogen-bond acceptors (Lipinski definition) is 4. The summed E-state index contributed by atoms with van der Waals surface area (Å²) in [5.74, 6) is -1.15. The first-order valence-corrected chi connectivity index (χ1v) is 9.14. The minimum atomic E-state index is -0.968. The maximum atomic E-state index is 11.8. The minimum absolute atomic E-state index is 0.0199. The molecule has 3 heterocycles. The van der Waals surface area contributed by atoms with Gasteiger partial charge in [-0.3, -0.25) is 14.5 Å². The number of hydrogen-bond donors (Lipinski definition) is 1. The standard InChI is InChI=1S/C18H23ClN4O3/c1-13(24)23(12-18(25)26)16-3-2-7-21(8-6-16)10-15-11-22-9-14(19)4-5-17(22)20-15/h4-5,9,11,16H,2-3,6-8,10,12H2,1H3,(H,25,26). The lowest BCUT2D eigenvalue weighted by atomic mass is 10.1. The van der Waals surface area contributed by atoms with Crippen LogP contribution in [0.15, 0.2) is 24.5 Å². The third-order valence-electron chi connectivity index (χ3n) is 4.79. The Morgan fingerprint density at radius 1 is 1.31 bits per heavy atom. The third kappa shape index (κ3) is 4.53. The summed E-state index contributed by atoms with van der Waals surface area (Å²) in [7, 11) is 0. The number of carbonyl (C=O) groups is 2. The van der Waals surface area contributed by atoms with E-state index >= 15 is 0 Å². The van der Waals surface area contributed by atoms with E-state index in [0.29, 0.717) is 5.02 Å². The molecule has 1 N–H and O–H groups in total. The van der Waals surface area contributed by atoms with Gasteiger partial charge in [0.25, 0.3) is 0 Å². The van der Waals surface area contributed by atoms with Crippen molar-refractivity contribution < 1.29 is 14.7 Å². The van der Waals surface area contributed by atoms with Crippen molar-refractivity contribution in [2.75, 3.05) is 19.6 Å². The molecule has 3 rings (SSSR count). The first kappa shape index (κ1) is 18.7. The molecule has 1 unspecified atom stereocenters. The number of nitrogens with zero attached hydrogens (tertiary/aromatic N) is 4. The number of halogens is 1. The molecule has 7 nitrogen and oxygen atoms in total. The Balaban J connectivity index is 1.64. The average Bonchev–Trinajstić information content (AvgIpc) is 2.81. The smallest absolute Gasteiger partial charge is 0.323 e. The van der Waals surface area contributed by atoms with Crippen molar-refractivity contribution in [3.8, 4) is 0 Å². The number of carbonyl (C=O) groups excluding carboxylic acids is 1. The van der Waals surface area contributed by atoms with Crippen LogP contribution in [-0.4, -0.2) is 61.8 Å². The summed E-state index contributed by atoms with van der Waals surface area (Å²) >= 11 is 6.02. The van der Waals surface area contributed by atoms with Crippen LogP contribution in [0.2, 0.25) is 5.02 Å². The molecule has 1 aliphatic rings. The molecule has 1 atom stereocenters. The monoisotopic (exact) mass is 378 g/mol. The van der Waals surface area contributed by atoms with Crippen LogP contribution in [-0.2, 0) is 16.1 Å². The summed E-state index contributed by atoms with van der Waals surface area (Å²) in [6.45, 7) is 3.65. The molecule has 2 aromatic rings. The molecule has 2 aromatic heterocycles. The van der Waals surface area contributed by atoms with E-state index in [1.54, 1.807) is 0 Å². The Morgan fingerprint density at radius 2 is 2.12 bits per heavy atom. The highest BCUT2D eigenvalue weighted by molar-refractivity contribution is 6.30. The highest BCUT2D eigenvalue weighted by Gasteiger charge is 2.26. The molecule has 0 radical (unpaired) electrons. The summed E-state index contributed by atoms with van der Waals surface area (Å²) in [5.41, 5.74) is 1.83. The number of aliphatic carboxylic acids is 1. The van der Waals surface area contributed by atoms with Crippen molar-refractivity contribution in [1.29, 1.82) is 0 Å². The van der Waals surface area contributed by atoms with Crippen molar-refractivity contribution in [3.63, 3.8) is 0 Å². The molecular formula is C18H23ClN4O3. The highest BCUT2D eigenvalue weighted by atomic mass is 35.5. The van der Waals surface area contributed by atoms with Crippen LogP contribution in [0.1, 0.15) is 31.9 Å². The molecule has 1 fully saturated rings. The molecule has 26 heavy (non-hydrogen) atoms. The van der Waals surface area contributed by atoms with Crippen LogP contribution in [0, 0.1) is 0 Å². The molecule has 140 valence electrons. The van der Waals surface area contributed by atoms with E-state index in [9.17, 15) is 9.59 Å². The maximum Gasteiger partial charge on any atom is 0.323 e. The van der Waals surface area contributed by atoms with Gasteiger partial charge in [0.15, 0.2) is 0 Å². The lowest BCUT2D eigenvalue weighted by Gasteiger charge is -2.28. The van der Waals surface area contributed by atoms with Crippen molar-refractivity contribution in [1.82, 2.24) is 19.2 Å². The number of fused-ring (bicyclic) bond motifs is 1. The van der Waals surface area contributed by atoms with Crippen LogP contribution in [0.4, 0.5) is 0 Å². The number of carboxylic acids is 1. The number of rotatable bonds is 5. The largest absolute Gasteiger partial charge is 0.480 e. The molecule has 1 amide bonds. The van der Waals surface area contributed by atoms with E-state index in [2.05, 4.69) is 9.88 Å². The quantitative estimate of drug-likeness (QED) is 0.863. The second kappa shape index (κ2) is 8.05. The van der Waals surface area contributed by atoms with E-state index in [1.165, 1.54) is 11.8 Å². The molecule has 0 saturated carbocycles. The first-order valence-electron chi connectivity index (χ1n) is 8.77. The fourth-order valence-electron chi connectivity index (χ4n) is 3.57. The summed E-state index contributed by atoms with van der Waals surface area (Å²) in [6, 6.07) is 3.69. The third-order valence-corrected chi connectivity index (χ3v) is 5.02. The van der Waals surface area contributed by atoms with Crippen LogP contribution in [0.3, 0.4) is 0 Å². The highest BCUT2D eigenvalue weighted by Crippen LogP contribution is 2.19. The van der Waals surface area contributed by atoms with E-state index < -0.39 is 5.97 Å². The molecule has 1 saturated heterocycles. The molecule has 8 heteroatoms. The van der Waals surface area contributed by atoms with Gasteiger partial charge in [-0.1, -0.05) is 11.6 Å². The van der Waals surface area contributed by atoms with Gasteiger partial charge < -0.3 is 14.4 Å². The second-order valence-corrected chi connectivity index (χ2v) is 7.18. The maximum absolute atomic E-state index is 11.8. The number of pyridine rings is 1. The number of imidazole rings is 1. The van der Waals surface area contributed by atoms with Gasteiger partial charge in [0.05, 0.1) is 10.7 Å². The van der Waals surface area contributed by atoms with E-state index in [4.69, 9.17) is 16.7 Å². The molecule has 0 bridgehead atoms. The van der Waals surface area contributed by atoms with Gasteiger partial charge in [-0.05, 0) is 37.9 Å². The van der Waals surface area contributed by atoms with Crippen molar-refractivity contribution >= 4 is 29.1 Å². The summed E-state index contributed by atoms with van der Waals surface area (Å²) in [6.07, 6.45) is 6.34. The number of amides is 1. The summed E-state index contributed by atoms with van der Waals surface area (Å²) < 4.78 is 1.92. The zero-order valence-electron chi connectivity index (χ0n) is 14.8. The van der Waals surface area contributed by atoms with Gasteiger partial charge in [0, 0.05) is 38.4 Å². The number of aromatic nitrogens is 2. The predicted molar refractivity (Wildman–Crippen MR) is 98.1 cm³/mol. The fourth-order valence-corrected chi connectivity index (χ4v) is 3.74. The van der Waals surface area contributed by atoms with E-state index in [0.717, 1.165) is 50.2 Å². The normalized spacial score (nSPS) is 18.6. The summed E-state index contributed by atoms with van der Waals surface area (Å²) in [4.78, 5) is 31.3. The minimum Gasteiger partial charge on any atom is -0.480 e. The van der Waals surface area contributed by atoms with Gasteiger partial charge in [0.1, 0.15) is 12.2 Å². The van der Waals surface area contributed by atoms with Crippen molar-refractivity contribution in [2.45, 2.75) is 38.8 Å². The first-order chi connectivity index (χ1) is 12.4. The molecular weight excluding hydrogens is 356 g/mol. The number of likely N-dealkylation sites (tertiary alicyclic amines) is 1. The van der Waals surface area contributed by atoms with Crippen LogP contribution in [0.5, 0.6) is 0 Å². The van der Waals surface area contributed by atoms with Crippen molar-refractivity contribution in [3.05, 3.63) is 35.2 Å². The lowest BCUT2D eigenvalue weighted by Crippen LogP contribution is -2.42. The molecule has 0 spiro atoms. The zero-order chi connectivity index (χ0) is 18.7. The van der Waals surface area contributed by atoms with Gasteiger partial charge in [0.2, 0.25) is 5.91 Å².